The van der Waals surface area contributed by atoms with E-state index < -0.39 is 91.2 Å². The smallest absolute Gasteiger partial charge is 0.305 e. The van der Waals surface area contributed by atoms with Gasteiger partial charge in [0.15, 0.2) is 5.78 Å². The molecule has 4 amide bonds. The molecule has 31 heavy (non-hydrogen) atoms. The molecular formula is C17H25N5O9. The van der Waals surface area contributed by atoms with E-state index in [1.165, 1.54) is 0 Å². The molecule has 14 nitrogen and oxygen atoms in total. The molecular weight excluding hydrogens is 418 g/mol. The van der Waals surface area contributed by atoms with Crippen molar-refractivity contribution in [3.8, 4) is 0 Å². The molecule has 0 spiro atoms. The number of hydrogen-bond acceptors (Lipinski definition) is 9. The summed E-state index contributed by atoms with van der Waals surface area (Å²) in [5, 5.41) is 20.0. The van der Waals surface area contributed by atoms with Crippen LogP contribution in [0.25, 0.3) is 0 Å². The van der Waals surface area contributed by atoms with Crippen molar-refractivity contribution in [2.45, 2.75) is 50.2 Å². The molecule has 4 atom stereocenters. The molecule has 0 bridgehead atoms. The summed E-state index contributed by atoms with van der Waals surface area (Å²) in [5.41, 5.74) is 16.0. The van der Waals surface area contributed by atoms with Crippen LogP contribution in [-0.2, 0) is 33.6 Å². The Hall–Kier alpha value is -3.39. The second-order valence-electron chi connectivity index (χ2n) is 7.12. The molecule has 0 aliphatic carbocycles. The molecule has 14 heteroatoms. The lowest BCUT2D eigenvalue weighted by atomic mass is 9.94. The molecule has 0 aromatic heterocycles. The third-order valence-electron chi connectivity index (χ3n) is 4.58. The number of likely N-dealkylation sites (tertiary alicyclic amines) is 1. The van der Waals surface area contributed by atoms with Crippen molar-refractivity contribution in [1.82, 2.24) is 10.2 Å². The van der Waals surface area contributed by atoms with E-state index in [2.05, 4.69) is 5.32 Å². The van der Waals surface area contributed by atoms with Gasteiger partial charge in [-0.05, 0) is 6.42 Å². The van der Waals surface area contributed by atoms with Gasteiger partial charge in [0.1, 0.15) is 0 Å². The van der Waals surface area contributed by atoms with Crippen LogP contribution in [0.5, 0.6) is 0 Å². The van der Waals surface area contributed by atoms with Crippen molar-refractivity contribution < 1.29 is 43.8 Å². The largest absolute Gasteiger partial charge is 0.481 e. The van der Waals surface area contributed by atoms with Gasteiger partial charge < -0.3 is 32.7 Å². The van der Waals surface area contributed by atoms with Gasteiger partial charge in [0.05, 0.1) is 31.0 Å². The molecule has 1 fully saturated rings. The molecule has 1 saturated heterocycles. The zero-order valence-electron chi connectivity index (χ0n) is 16.5. The Morgan fingerprint density at radius 1 is 1.03 bits per heavy atom. The summed E-state index contributed by atoms with van der Waals surface area (Å²) < 4.78 is 0. The van der Waals surface area contributed by atoms with Gasteiger partial charge in [0.2, 0.25) is 23.6 Å². The lowest BCUT2D eigenvalue weighted by Gasteiger charge is -2.22. The van der Waals surface area contributed by atoms with E-state index >= 15 is 0 Å². The van der Waals surface area contributed by atoms with E-state index in [0.717, 1.165) is 0 Å². The molecule has 1 aliphatic rings. The van der Waals surface area contributed by atoms with Gasteiger partial charge in [-0.25, -0.2) is 0 Å². The zero-order chi connectivity index (χ0) is 23.9. The maximum Gasteiger partial charge on any atom is 0.305 e. The molecule has 9 N–H and O–H groups in total. The number of Topliss-reactive ketones (excluding diaryl/α,β-unsaturated/α-hetero) is 1. The van der Waals surface area contributed by atoms with E-state index in [1.54, 1.807) is 0 Å². The average molecular weight is 443 g/mol. The standard InChI is InChI=1S/C17H25N5O9/c18-8(1-2-11(20)23)16(30)21-10(5-14(27)28)15(29)7-3-12(24)22(6-7)17(31)9(19)4-13(25)26/h7-10H,1-6,18-19H2,(H2,20,23)(H,21,30)(H,25,26)(H,27,28)/t7-,8-,9-,10-/m0/s1. The Morgan fingerprint density at radius 3 is 2.13 bits per heavy atom. The number of nitrogens with two attached hydrogens (primary N) is 3. The first-order valence-electron chi connectivity index (χ1n) is 9.24. The third kappa shape index (κ3) is 7.75. The van der Waals surface area contributed by atoms with Crippen LogP contribution in [0.1, 0.15) is 32.1 Å². The monoisotopic (exact) mass is 443 g/mol. The van der Waals surface area contributed by atoms with Crippen molar-refractivity contribution in [1.29, 1.82) is 0 Å². The SMILES string of the molecule is NC(=O)CC[C@H](N)C(=O)N[C@@H](CC(=O)O)C(=O)[C@H]1CC(=O)N(C(=O)[C@@H](N)CC(=O)O)C1. The molecule has 1 aliphatic heterocycles. The molecule has 0 radical (unpaired) electrons. The summed E-state index contributed by atoms with van der Waals surface area (Å²) in [4.78, 5) is 82.5. The van der Waals surface area contributed by atoms with Crippen LogP contribution in [0, 0.1) is 5.92 Å². The number of hydrogen-bond donors (Lipinski definition) is 6. The van der Waals surface area contributed by atoms with Crippen LogP contribution in [0.2, 0.25) is 0 Å². The van der Waals surface area contributed by atoms with Crippen molar-refractivity contribution >= 4 is 41.4 Å². The number of ketones is 1. The average Bonchev–Trinajstić information content (AvgIpc) is 3.04. The van der Waals surface area contributed by atoms with E-state index in [-0.39, 0.29) is 12.8 Å². The minimum Gasteiger partial charge on any atom is -0.481 e. The molecule has 0 aromatic carbocycles. The maximum absolute atomic E-state index is 12.8. The number of aliphatic carboxylic acids is 2. The predicted molar refractivity (Wildman–Crippen MR) is 101 cm³/mol. The fourth-order valence-electron chi connectivity index (χ4n) is 2.98. The number of carbonyl (C=O) groups excluding carboxylic acids is 5. The Morgan fingerprint density at radius 2 is 1.61 bits per heavy atom. The van der Waals surface area contributed by atoms with Gasteiger partial charge in [0, 0.05) is 25.3 Å². The third-order valence-corrected chi connectivity index (χ3v) is 4.58. The van der Waals surface area contributed by atoms with Crippen molar-refractivity contribution in [3.63, 3.8) is 0 Å². The van der Waals surface area contributed by atoms with Gasteiger partial charge in [-0.2, -0.15) is 0 Å². The van der Waals surface area contributed by atoms with Gasteiger partial charge in [-0.15, -0.1) is 0 Å². The molecule has 0 unspecified atom stereocenters. The summed E-state index contributed by atoms with van der Waals surface area (Å²) in [6, 6.07) is -4.26. The van der Waals surface area contributed by atoms with E-state index in [4.69, 9.17) is 27.4 Å². The number of nitrogens with one attached hydrogen (secondary N) is 1. The van der Waals surface area contributed by atoms with Gasteiger partial charge in [-0.1, -0.05) is 0 Å². The first kappa shape index (κ1) is 25.6. The number of primary amides is 1. The lowest BCUT2D eigenvalue weighted by Crippen LogP contribution is -2.51. The minimum atomic E-state index is -1.54. The molecule has 1 rings (SSSR count). The van der Waals surface area contributed by atoms with Crippen LogP contribution in [-0.4, -0.2) is 81.1 Å². The van der Waals surface area contributed by atoms with E-state index in [9.17, 15) is 33.6 Å². The Labute approximate surface area is 176 Å². The number of carbonyl (C=O) groups is 7. The fourth-order valence-corrected chi connectivity index (χ4v) is 2.98. The molecule has 0 saturated carbocycles. The van der Waals surface area contributed by atoms with E-state index in [0.29, 0.717) is 4.90 Å². The second-order valence-corrected chi connectivity index (χ2v) is 7.12. The van der Waals surface area contributed by atoms with Crippen LogP contribution in [0.3, 0.4) is 0 Å². The highest BCUT2D eigenvalue weighted by atomic mass is 16.4. The molecule has 172 valence electrons. The van der Waals surface area contributed by atoms with Crippen LogP contribution in [0.15, 0.2) is 0 Å². The van der Waals surface area contributed by atoms with Crippen molar-refractivity contribution in [2.24, 2.45) is 23.1 Å². The summed E-state index contributed by atoms with van der Waals surface area (Å²) in [6.45, 7) is -0.427. The topological polar surface area (TPSA) is 253 Å². The normalized spacial score (nSPS) is 18.7. The Bertz CT molecular complexity index is 784. The lowest BCUT2D eigenvalue weighted by molar-refractivity contribution is -0.146. The van der Waals surface area contributed by atoms with Gasteiger partial charge >= 0.3 is 11.9 Å². The second kappa shape index (κ2) is 11.1. The summed E-state index contributed by atoms with van der Waals surface area (Å²) in [6.07, 6.45) is -2.28. The number of carboxylic acid groups (broad SMARTS) is 2. The van der Waals surface area contributed by atoms with Crippen LogP contribution in [0.4, 0.5) is 0 Å². The highest BCUT2D eigenvalue weighted by Crippen LogP contribution is 2.22. The Kier molecular flexibility index (Phi) is 9.20. The quantitative estimate of drug-likeness (QED) is 0.171. The highest BCUT2D eigenvalue weighted by molar-refractivity contribution is 6.04. The first-order valence-corrected chi connectivity index (χ1v) is 9.24. The maximum atomic E-state index is 12.8. The number of imide groups is 1. The highest BCUT2D eigenvalue weighted by Gasteiger charge is 2.42. The summed E-state index contributed by atoms with van der Waals surface area (Å²) in [5.74, 6) is -8.04. The molecule has 1 heterocycles. The first-order chi connectivity index (χ1) is 14.3. The van der Waals surface area contributed by atoms with Gasteiger partial charge in [-0.3, -0.25) is 38.5 Å². The molecule has 0 aromatic rings. The van der Waals surface area contributed by atoms with Gasteiger partial charge in [0.25, 0.3) is 0 Å². The number of rotatable bonds is 12. The number of amides is 4. The minimum absolute atomic E-state index is 0.124. The van der Waals surface area contributed by atoms with Crippen molar-refractivity contribution in [3.05, 3.63) is 0 Å². The fraction of sp³-hybridized carbons (Fsp3) is 0.588. The van der Waals surface area contributed by atoms with E-state index in [1.807, 2.05) is 0 Å². The van der Waals surface area contributed by atoms with Crippen LogP contribution < -0.4 is 22.5 Å². The summed E-state index contributed by atoms with van der Waals surface area (Å²) in [7, 11) is 0. The van der Waals surface area contributed by atoms with Crippen molar-refractivity contribution in [2.75, 3.05) is 6.54 Å². The number of nitrogens with zero attached hydrogens (tertiary/aromatic N) is 1. The Balaban J connectivity index is 2.86. The number of carboxylic acids is 2. The zero-order valence-corrected chi connectivity index (χ0v) is 16.5. The summed E-state index contributed by atoms with van der Waals surface area (Å²) >= 11 is 0. The van der Waals surface area contributed by atoms with Crippen LogP contribution >= 0.6 is 0 Å². The predicted octanol–water partition coefficient (Wildman–Crippen LogP) is -3.72.